The SMILES string of the molecule is CC(C)COCCC(=O)NC1CCN(C(=O)c2ccccc2O)CC1. The Morgan fingerprint density at radius 2 is 1.96 bits per heavy atom. The van der Waals surface area contributed by atoms with Crippen LogP contribution in [0.1, 0.15) is 43.5 Å². The summed E-state index contributed by atoms with van der Waals surface area (Å²) in [5, 5.41) is 12.8. The first-order valence-electron chi connectivity index (χ1n) is 8.91. The Bertz CT molecular complexity index is 581. The van der Waals surface area contributed by atoms with E-state index in [-0.39, 0.29) is 23.6 Å². The lowest BCUT2D eigenvalue weighted by Gasteiger charge is -2.32. The molecule has 0 aromatic heterocycles. The van der Waals surface area contributed by atoms with Crippen molar-refractivity contribution in [3.63, 3.8) is 0 Å². The monoisotopic (exact) mass is 348 g/mol. The zero-order valence-corrected chi connectivity index (χ0v) is 15.0. The largest absolute Gasteiger partial charge is 0.507 e. The summed E-state index contributed by atoms with van der Waals surface area (Å²) >= 11 is 0. The van der Waals surface area contributed by atoms with E-state index in [1.54, 1.807) is 23.1 Å². The van der Waals surface area contributed by atoms with Gasteiger partial charge in [0.1, 0.15) is 5.75 Å². The Morgan fingerprint density at radius 3 is 2.60 bits per heavy atom. The average molecular weight is 348 g/mol. The van der Waals surface area contributed by atoms with Crippen LogP contribution in [0.3, 0.4) is 0 Å². The van der Waals surface area contributed by atoms with E-state index in [0.29, 0.717) is 44.2 Å². The summed E-state index contributed by atoms with van der Waals surface area (Å²) in [6, 6.07) is 6.66. The molecular formula is C19H28N2O4. The molecular weight excluding hydrogens is 320 g/mol. The number of amides is 2. The molecule has 6 heteroatoms. The molecule has 0 unspecified atom stereocenters. The van der Waals surface area contributed by atoms with Gasteiger partial charge in [0.2, 0.25) is 5.91 Å². The van der Waals surface area contributed by atoms with Gasteiger partial charge in [0.25, 0.3) is 5.91 Å². The number of piperidine rings is 1. The zero-order valence-electron chi connectivity index (χ0n) is 15.0. The van der Waals surface area contributed by atoms with E-state index in [4.69, 9.17) is 4.74 Å². The molecule has 0 aliphatic carbocycles. The molecule has 1 aliphatic rings. The molecule has 0 bridgehead atoms. The van der Waals surface area contributed by atoms with E-state index in [9.17, 15) is 14.7 Å². The molecule has 138 valence electrons. The molecule has 1 aromatic carbocycles. The van der Waals surface area contributed by atoms with Crippen molar-refractivity contribution in [2.75, 3.05) is 26.3 Å². The molecule has 0 atom stereocenters. The van der Waals surface area contributed by atoms with E-state index < -0.39 is 0 Å². The van der Waals surface area contributed by atoms with Crippen LogP contribution in [0.4, 0.5) is 0 Å². The van der Waals surface area contributed by atoms with Gasteiger partial charge in [-0.25, -0.2) is 0 Å². The third-order valence-corrected chi connectivity index (χ3v) is 4.21. The van der Waals surface area contributed by atoms with Crippen molar-refractivity contribution < 1.29 is 19.4 Å². The Morgan fingerprint density at radius 1 is 1.28 bits per heavy atom. The molecule has 2 rings (SSSR count). The lowest BCUT2D eigenvalue weighted by Crippen LogP contribution is -2.46. The van der Waals surface area contributed by atoms with Gasteiger partial charge in [-0.3, -0.25) is 9.59 Å². The standard InChI is InChI=1S/C19H28N2O4/c1-14(2)13-25-12-9-18(23)20-15-7-10-21(11-8-15)19(24)16-5-3-4-6-17(16)22/h3-6,14-15,22H,7-13H2,1-2H3,(H,20,23). The molecule has 0 spiro atoms. The Hall–Kier alpha value is -2.08. The van der Waals surface area contributed by atoms with Gasteiger partial charge in [-0.05, 0) is 30.9 Å². The first kappa shape index (κ1) is 19.2. The zero-order chi connectivity index (χ0) is 18.2. The fourth-order valence-corrected chi connectivity index (χ4v) is 2.84. The molecule has 1 aromatic rings. The molecule has 2 amide bonds. The van der Waals surface area contributed by atoms with Crippen LogP contribution in [-0.4, -0.2) is 54.2 Å². The molecule has 1 saturated heterocycles. The van der Waals surface area contributed by atoms with E-state index in [0.717, 1.165) is 12.8 Å². The van der Waals surface area contributed by atoms with Gasteiger partial charge in [-0.1, -0.05) is 26.0 Å². The van der Waals surface area contributed by atoms with Gasteiger partial charge in [0.15, 0.2) is 0 Å². The number of carbonyl (C=O) groups excluding carboxylic acids is 2. The molecule has 1 fully saturated rings. The van der Waals surface area contributed by atoms with Gasteiger partial charge in [-0.15, -0.1) is 0 Å². The van der Waals surface area contributed by atoms with E-state index in [1.165, 1.54) is 6.07 Å². The van der Waals surface area contributed by atoms with Gasteiger partial charge in [-0.2, -0.15) is 0 Å². The second kappa shape index (κ2) is 9.42. The number of benzene rings is 1. The Labute approximate surface area is 149 Å². The third kappa shape index (κ3) is 6.05. The predicted molar refractivity (Wildman–Crippen MR) is 95.4 cm³/mol. The van der Waals surface area contributed by atoms with Crippen molar-refractivity contribution >= 4 is 11.8 Å². The summed E-state index contributed by atoms with van der Waals surface area (Å²) in [7, 11) is 0. The van der Waals surface area contributed by atoms with Crippen LogP contribution in [0.25, 0.3) is 0 Å². The fourth-order valence-electron chi connectivity index (χ4n) is 2.84. The van der Waals surface area contributed by atoms with Crippen LogP contribution in [-0.2, 0) is 9.53 Å². The summed E-state index contributed by atoms with van der Waals surface area (Å²) in [5.41, 5.74) is 0.326. The summed E-state index contributed by atoms with van der Waals surface area (Å²) in [6.45, 7) is 6.40. The quantitative estimate of drug-likeness (QED) is 0.740. The van der Waals surface area contributed by atoms with Crippen LogP contribution >= 0.6 is 0 Å². The number of hydrogen-bond donors (Lipinski definition) is 2. The highest BCUT2D eigenvalue weighted by Gasteiger charge is 2.25. The number of phenols is 1. The molecule has 1 aliphatic heterocycles. The van der Waals surface area contributed by atoms with Gasteiger partial charge in [0, 0.05) is 32.2 Å². The van der Waals surface area contributed by atoms with Crippen molar-refractivity contribution in [2.24, 2.45) is 5.92 Å². The number of nitrogens with one attached hydrogen (secondary N) is 1. The van der Waals surface area contributed by atoms with Crippen LogP contribution < -0.4 is 5.32 Å². The number of aromatic hydroxyl groups is 1. The van der Waals surface area contributed by atoms with Gasteiger partial charge in [0.05, 0.1) is 12.2 Å². The number of hydrogen-bond acceptors (Lipinski definition) is 4. The summed E-state index contributed by atoms with van der Waals surface area (Å²) in [5.74, 6) is 0.303. The van der Waals surface area contributed by atoms with E-state index >= 15 is 0 Å². The van der Waals surface area contributed by atoms with Crippen molar-refractivity contribution in [1.29, 1.82) is 0 Å². The third-order valence-electron chi connectivity index (χ3n) is 4.21. The van der Waals surface area contributed by atoms with Crippen LogP contribution in [0, 0.1) is 5.92 Å². The number of carbonyl (C=O) groups is 2. The maximum Gasteiger partial charge on any atom is 0.257 e. The summed E-state index contributed by atoms with van der Waals surface area (Å²) in [6.07, 6.45) is 1.81. The first-order chi connectivity index (χ1) is 12.0. The topological polar surface area (TPSA) is 78.9 Å². The number of ether oxygens (including phenoxy) is 1. The highest BCUT2D eigenvalue weighted by molar-refractivity contribution is 5.96. The molecule has 0 radical (unpaired) electrons. The highest BCUT2D eigenvalue weighted by atomic mass is 16.5. The number of phenolic OH excluding ortho intramolecular Hbond substituents is 1. The Kier molecular flexibility index (Phi) is 7.25. The summed E-state index contributed by atoms with van der Waals surface area (Å²) < 4.78 is 5.43. The maximum atomic E-state index is 12.4. The molecule has 25 heavy (non-hydrogen) atoms. The number of rotatable bonds is 7. The van der Waals surface area contributed by atoms with Crippen molar-refractivity contribution in [3.8, 4) is 5.75 Å². The van der Waals surface area contributed by atoms with Crippen molar-refractivity contribution in [1.82, 2.24) is 10.2 Å². The lowest BCUT2D eigenvalue weighted by molar-refractivity contribution is -0.123. The van der Waals surface area contributed by atoms with Crippen LogP contribution in [0.5, 0.6) is 5.75 Å². The minimum atomic E-state index is -0.162. The van der Waals surface area contributed by atoms with Crippen LogP contribution in [0.2, 0.25) is 0 Å². The number of likely N-dealkylation sites (tertiary alicyclic amines) is 1. The van der Waals surface area contributed by atoms with E-state index in [2.05, 4.69) is 19.2 Å². The summed E-state index contributed by atoms with van der Waals surface area (Å²) in [4.78, 5) is 26.1. The van der Waals surface area contributed by atoms with Gasteiger partial charge >= 0.3 is 0 Å². The average Bonchev–Trinajstić information content (AvgIpc) is 2.59. The minimum Gasteiger partial charge on any atom is -0.507 e. The number of para-hydroxylation sites is 1. The lowest BCUT2D eigenvalue weighted by atomic mass is 10.0. The van der Waals surface area contributed by atoms with Crippen LogP contribution in [0.15, 0.2) is 24.3 Å². The van der Waals surface area contributed by atoms with Gasteiger partial charge < -0.3 is 20.1 Å². The fraction of sp³-hybridized carbons (Fsp3) is 0.579. The normalized spacial score (nSPS) is 15.4. The van der Waals surface area contributed by atoms with Crippen molar-refractivity contribution in [3.05, 3.63) is 29.8 Å². The van der Waals surface area contributed by atoms with E-state index in [1.807, 2.05) is 0 Å². The maximum absolute atomic E-state index is 12.4. The molecule has 1 heterocycles. The minimum absolute atomic E-state index is 0.00400. The molecule has 0 saturated carbocycles. The van der Waals surface area contributed by atoms with Crippen molar-refractivity contribution in [2.45, 2.75) is 39.2 Å². The smallest absolute Gasteiger partial charge is 0.257 e. The molecule has 2 N–H and O–H groups in total. The predicted octanol–water partition coefficient (Wildman–Crippen LogP) is 2.18. The molecule has 6 nitrogen and oxygen atoms in total. The second-order valence-corrected chi connectivity index (χ2v) is 6.87. The second-order valence-electron chi connectivity index (χ2n) is 6.87. The Balaban J connectivity index is 1.71. The number of nitrogens with zero attached hydrogens (tertiary/aromatic N) is 1. The first-order valence-corrected chi connectivity index (χ1v) is 8.91. The highest BCUT2D eigenvalue weighted by Crippen LogP contribution is 2.20.